The summed E-state index contributed by atoms with van der Waals surface area (Å²) in [6, 6.07) is 62.9. The van der Waals surface area contributed by atoms with E-state index in [4.69, 9.17) is 28.4 Å². The lowest BCUT2D eigenvalue weighted by Crippen LogP contribution is -2.39. The van der Waals surface area contributed by atoms with Crippen LogP contribution in [0, 0.1) is 47.0 Å². The lowest BCUT2D eigenvalue weighted by atomic mass is 9.88. The van der Waals surface area contributed by atoms with Crippen LogP contribution >= 0.6 is 56.7 Å². The van der Waals surface area contributed by atoms with Crippen molar-refractivity contribution in [1.29, 1.82) is 0 Å². The Morgan fingerprint density at radius 1 is 0.281 bits per heavy atom. The predicted octanol–water partition coefficient (Wildman–Crippen LogP) is 16.1. The largest absolute Gasteiger partial charge is 0.465 e. The van der Waals surface area contributed by atoms with E-state index in [0.29, 0.717) is 133 Å². The summed E-state index contributed by atoms with van der Waals surface area (Å²) in [6.45, 7) is 11.4. The molecule has 9 aromatic carbocycles. The van der Waals surface area contributed by atoms with Crippen molar-refractivity contribution in [3.8, 4) is 0 Å². The van der Waals surface area contributed by atoms with Gasteiger partial charge in [0.2, 0.25) is 38.0 Å². The van der Waals surface area contributed by atoms with Gasteiger partial charge in [-0.25, -0.2) is 0 Å². The molecular formula is C90H95O18P3S3. The van der Waals surface area contributed by atoms with E-state index in [9.17, 15) is 56.8 Å². The molecule has 114 heavy (non-hydrogen) atoms. The standard InChI is InChI=1S/C90H95O18P3S3/c1-8-90(60-106-81(94)42-48-112-45-39-78(91)103-57-69-51-63(2)84(64(3)52-69)87(97)109(100,72-27-15-9-16-28-72)73-29-17-10-18-30-73,61-107-82(95)43-49-113-46-40-79(92)104-58-70-53-65(4)85(66(5)54-70)88(98)110(101,74-31-19-11-20-32-74)75-33-21-12-22-34-75)62-108-83(96)44-50-114-47-41-80(93)105-59-71-55-67(6)86(68(7)56-71)89(99)111(102,76-35-23-13-24-36-76)77-37-25-14-26-38-77/h9-38,51-56H,8,39-50,57-62H2,1-7H3. The zero-order valence-electron chi connectivity index (χ0n) is 65.1. The highest BCUT2D eigenvalue weighted by atomic mass is 32.2. The van der Waals surface area contributed by atoms with Gasteiger partial charge in [0.05, 0.1) is 43.9 Å². The lowest BCUT2D eigenvalue weighted by molar-refractivity contribution is -0.162. The summed E-state index contributed by atoms with van der Waals surface area (Å²) in [5.41, 5.74) is 4.00. The Kier molecular flexibility index (Phi) is 33.2. The Labute approximate surface area is 679 Å². The molecule has 0 atom stereocenters. The highest BCUT2D eigenvalue weighted by molar-refractivity contribution is 7.99. The van der Waals surface area contributed by atoms with Crippen LogP contribution in [0.4, 0.5) is 0 Å². The maximum absolute atomic E-state index is 14.9. The first-order chi connectivity index (χ1) is 54.8. The van der Waals surface area contributed by atoms with Gasteiger partial charge in [-0.05, 0) is 98.0 Å². The van der Waals surface area contributed by atoms with Gasteiger partial charge in [0.1, 0.15) is 39.6 Å². The minimum absolute atomic E-state index is 0.0326. The van der Waals surface area contributed by atoms with E-state index >= 15 is 0 Å². The summed E-state index contributed by atoms with van der Waals surface area (Å²) in [5.74, 6) is -1.24. The molecule has 0 aliphatic heterocycles. The summed E-state index contributed by atoms with van der Waals surface area (Å²) in [6.07, 6.45) is 0.286. The van der Waals surface area contributed by atoms with Gasteiger partial charge in [-0.3, -0.25) is 43.2 Å². The van der Waals surface area contributed by atoms with Crippen LogP contribution in [0.2, 0.25) is 0 Å². The molecule has 0 aromatic heterocycles. The average Bonchev–Trinajstić information content (AvgIpc) is 0.766. The van der Waals surface area contributed by atoms with Crippen LogP contribution in [-0.2, 0) is 90.7 Å². The Hall–Kier alpha value is -9.45. The molecule has 18 nitrogen and oxygen atoms in total. The first-order valence-electron chi connectivity index (χ1n) is 37.6. The van der Waals surface area contributed by atoms with Crippen molar-refractivity contribution in [1.82, 2.24) is 0 Å². The van der Waals surface area contributed by atoms with Gasteiger partial charge in [-0.15, -0.1) is 0 Å². The SMILES string of the molecule is CCC(COC(=O)CCSCCC(=O)OCc1cc(C)c(C(=O)P(=O)(c2ccccc2)c2ccccc2)c(C)c1)(COC(=O)CCSCCC(=O)OCc1cc(C)c(C(=O)P(=O)(c2ccccc2)c2ccccc2)c(C)c1)COC(=O)CCSCCC(=O)OCc1cc(C)c(C(=O)P(=O)(c2ccccc2)c2ccccc2)c(C)c1. The molecule has 0 N–H and O–H groups in total. The molecule has 0 saturated carbocycles. The molecule has 0 heterocycles. The van der Waals surface area contributed by atoms with Crippen molar-refractivity contribution in [3.05, 3.63) is 285 Å². The smallest absolute Gasteiger partial charge is 0.306 e. The Balaban J connectivity index is 0.727. The van der Waals surface area contributed by atoms with Crippen LogP contribution in [0.5, 0.6) is 0 Å². The Bertz CT molecular complexity index is 4330. The molecular weight excluding hydrogens is 1560 g/mol. The summed E-state index contributed by atoms with van der Waals surface area (Å²) < 4.78 is 78.9. The second kappa shape index (κ2) is 42.8. The molecule has 596 valence electrons. The van der Waals surface area contributed by atoms with Gasteiger partial charge in [0.25, 0.3) is 0 Å². The highest BCUT2D eigenvalue weighted by Gasteiger charge is 2.42. The van der Waals surface area contributed by atoms with Crippen molar-refractivity contribution in [2.24, 2.45) is 5.41 Å². The molecule has 9 rings (SSSR count). The van der Waals surface area contributed by atoms with E-state index in [-0.39, 0.29) is 84.6 Å². The first-order valence-corrected chi connectivity index (χ1v) is 46.2. The number of esters is 6. The molecule has 9 aromatic rings. The van der Waals surface area contributed by atoms with Crippen molar-refractivity contribution in [2.75, 3.05) is 54.3 Å². The molecule has 0 spiro atoms. The zero-order chi connectivity index (χ0) is 81.8. The molecule has 0 radical (unpaired) electrons. The number of carbonyl (C=O) groups is 9. The van der Waals surface area contributed by atoms with Gasteiger partial charge in [0.15, 0.2) is 0 Å². The van der Waals surface area contributed by atoms with E-state index in [1.54, 1.807) is 267 Å². The number of carbonyl (C=O) groups excluding carboxylic acids is 9. The first kappa shape index (κ1) is 88.5. The minimum Gasteiger partial charge on any atom is -0.465 e. The number of thioether (sulfide) groups is 3. The van der Waals surface area contributed by atoms with Crippen LogP contribution in [-0.4, -0.2) is 107 Å². The molecule has 0 saturated heterocycles. The normalized spacial score (nSPS) is 11.6. The topological polar surface area (TPSA) is 260 Å². The quantitative estimate of drug-likeness (QED) is 0.0149. The Morgan fingerprint density at radius 3 is 0.632 bits per heavy atom. The maximum Gasteiger partial charge on any atom is 0.306 e. The molecule has 0 fully saturated rings. The Morgan fingerprint density at radius 2 is 0.456 bits per heavy atom. The minimum atomic E-state index is -3.77. The number of hydrogen-bond donors (Lipinski definition) is 0. The third kappa shape index (κ3) is 23.4. The molecule has 0 unspecified atom stereocenters. The summed E-state index contributed by atoms with van der Waals surface area (Å²) in [4.78, 5) is 122. The van der Waals surface area contributed by atoms with Gasteiger partial charge in [-0.1, -0.05) is 225 Å². The monoisotopic (exact) mass is 1650 g/mol. The number of benzene rings is 9. The summed E-state index contributed by atoms with van der Waals surface area (Å²) >= 11 is 4.03. The third-order valence-corrected chi connectivity index (χ3v) is 30.8. The van der Waals surface area contributed by atoms with Crippen molar-refractivity contribution < 1.29 is 85.3 Å². The molecule has 0 bridgehead atoms. The third-order valence-electron chi connectivity index (χ3n) is 19.3. The fourth-order valence-corrected chi connectivity index (χ4v) is 23.5. The molecule has 24 heteroatoms. The summed E-state index contributed by atoms with van der Waals surface area (Å²) in [5, 5.41) is 2.59. The van der Waals surface area contributed by atoms with E-state index in [2.05, 4.69) is 0 Å². The van der Waals surface area contributed by atoms with Gasteiger partial charge < -0.3 is 42.1 Å². The fourth-order valence-electron chi connectivity index (χ4n) is 13.2. The molecule has 0 amide bonds. The van der Waals surface area contributed by atoms with Crippen LogP contribution in [0.25, 0.3) is 0 Å². The number of aryl methyl sites for hydroxylation is 6. The van der Waals surface area contributed by atoms with E-state index in [1.807, 2.05) is 0 Å². The predicted molar refractivity (Wildman–Crippen MR) is 455 cm³/mol. The second-order valence-electron chi connectivity index (χ2n) is 27.7. The zero-order valence-corrected chi connectivity index (χ0v) is 70.3. The fraction of sp³-hybridized carbons (Fsp3) is 0.300. The van der Waals surface area contributed by atoms with Crippen LogP contribution in [0.15, 0.2) is 218 Å². The average molecular weight is 1650 g/mol. The van der Waals surface area contributed by atoms with Crippen LogP contribution < -0.4 is 31.8 Å². The van der Waals surface area contributed by atoms with E-state index in [1.165, 1.54) is 35.3 Å². The van der Waals surface area contributed by atoms with E-state index < -0.39 is 79.2 Å². The number of hydrogen-bond acceptors (Lipinski definition) is 21. The van der Waals surface area contributed by atoms with Gasteiger partial charge in [-0.2, -0.15) is 35.3 Å². The lowest BCUT2D eigenvalue weighted by Gasteiger charge is -2.31. The van der Waals surface area contributed by atoms with Crippen molar-refractivity contribution in [3.63, 3.8) is 0 Å². The van der Waals surface area contributed by atoms with Crippen LogP contribution in [0.1, 0.15) is 133 Å². The van der Waals surface area contributed by atoms with Gasteiger partial charge in [0, 0.05) is 83.0 Å². The van der Waals surface area contributed by atoms with Crippen molar-refractivity contribution >= 4 is 141 Å². The van der Waals surface area contributed by atoms with Crippen molar-refractivity contribution in [2.45, 2.75) is 113 Å². The molecule has 0 aliphatic rings. The highest BCUT2D eigenvalue weighted by Crippen LogP contribution is 2.51. The van der Waals surface area contributed by atoms with Gasteiger partial charge >= 0.3 is 35.8 Å². The van der Waals surface area contributed by atoms with Crippen LogP contribution in [0.3, 0.4) is 0 Å². The second-order valence-corrected chi connectivity index (χ2v) is 39.4. The van der Waals surface area contributed by atoms with E-state index in [0.717, 1.165) is 0 Å². The number of ether oxygens (including phenoxy) is 6. The number of rotatable bonds is 43. The molecule has 0 aliphatic carbocycles. The maximum atomic E-state index is 14.9. The summed E-state index contributed by atoms with van der Waals surface area (Å²) in [7, 11) is -11.3.